The van der Waals surface area contributed by atoms with Crippen LogP contribution in [-0.4, -0.2) is 29.7 Å². The number of rotatable bonds is 5. The van der Waals surface area contributed by atoms with Crippen molar-refractivity contribution in [3.63, 3.8) is 0 Å². The van der Waals surface area contributed by atoms with Crippen LogP contribution < -0.4 is 10.6 Å². The molecule has 14 heavy (non-hydrogen) atoms. The smallest absolute Gasteiger partial charge is 0.326 e. The quantitative estimate of drug-likeness (QED) is 0.617. The van der Waals surface area contributed by atoms with E-state index in [0.29, 0.717) is 13.0 Å². The lowest BCUT2D eigenvalue weighted by Gasteiger charge is -2.19. The Bertz CT molecular complexity index is 206. The van der Waals surface area contributed by atoms with Crippen molar-refractivity contribution >= 4 is 12.0 Å². The zero-order valence-corrected chi connectivity index (χ0v) is 8.83. The number of carboxylic acids is 1. The van der Waals surface area contributed by atoms with Crippen LogP contribution in [0.4, 0.5) is 4.79 Å². The van der Waals surface area contributed by atoms with Gasteiger partial charge in [-0.3, -0.25) is 0 Å². The number of amides is 2. The van der Waals surface area contributed by atoms with Gasteiger partial charge in [0.25, 0.3) is 0 Å². The molecule has 2 amide bonds. The number of carbonyl (C=O) groups is 2. The fraction of sp³-hybridized carbons (Fsp3) is 0.778. The van der Waals surface area contributed by atoms with Gasteiger partial charge in [0.2, 0.25) is 0 Å². The Kier molecular flexibility index (Phi) is 5.67. The second-order valence-corrected chi connectivity index (χ2v) is 3.21. The zero-order chi connectivity index (χ0) is 11.1. The first-order valence-corrected chi connectivity index (χ1v) is 4.80. The van der Waals surface area contributed by atoms with Gasteiger partial charge in [0, 0.05) is 6.54 Å². The lowest BCUT2D eigenvalue weighted by atomic mass is 9.99. The Balaban J connectivity index is 4.23. The lowest BCUT2D eigenvalue weighted by molar-refractivity contribution is -0.140. The molecule has 5 nitrogen and oxygen atoms in total. The maximum absolute atomic E-state index is 11.1. The van der Waals surface area contributed by atoms with Gasteiger partial charge in [-0.1, -0.05) is 20.3 Å². The largest absolute Gasteiger partial charge is 0.480 e. The van der Waals surface area contributed by atoms with Crippen molar-refractivity contribution in [1.82, 2.24) is 10.6 Å². The van der Waals surface area contributed by atoms with Crippen molar-refractivity contribution in [2.24, 2.45) is 5.92 Å². The van der Waals surface area contributed by atoms with Crippen molar-refractivity contribution < 1.29 is 14.7 Å². The van der Waals surface area contributed by atoms with Crippen LogP contribution in [0.25, 0.3) is 0 Å². The molecule has 0 heterocycles. The lowest BCUT2D eigenvalue weighted by Crippen LogP contribution is -2.49. The summed E-state index contributed by atoms with van der Waals surface area (Å²) in [5.74, 6) is -1.07. The molecule has 0 bridgehead atoms. The summed E-state index contributed by atoms with van der Waals surface area (Å²) in [5.41, 5.74) is 0. The molecule has 0 saturated carbocycles. The van der Waals surface area contributed by atoms with E-state index in [-0.39, 0.29) is 5.92 Å². The molecule has 0 radical (unpaired) electrons. The third-order valence-corrected chi connectivity index (χ3v) is 2.10. The first-order chi connectivity index (χ1) is 6.52. The molecule has 5 heteroatoms. The fourth-order valence-electron chi connectivity index (χ4n) is 1.04. The van der Waals surface area contributed by atoms with Crippen molar-refractivity contribution in [2.75, 3.05) is 6.54 Å². The summed E-state index contributed by atoms with van der Waals surface area (Å²) in [4.78, 5) is 21.9. The highest BCUT2D eigenvalue weighted by Crippen LogP contribution is 2.07. The Morgan fingerprint density at radius 3 is 2.29 bits per heavy atom. The van der Waals surface area contributed by atoms with E-state index in [9.17, 15) is 9.59 Å². The molecule has 2 atom stereocenters. The van der Waals surface area contributed by atoms with Gasteiger partial charge in [0.05, 0.1) is 0 Å². The molecular formula is C9H18N2O3. The summed E-state index contributed by atoms with van der Waals surface area (Å²) in [6.07, 6.45) is 0.712. The summed E-state index contributed by atoms with van der Waals surface area (Å²) in [6, 6.07) is -1.24. The number of aliphatic carboxylic acids is 1. The molecule has 0 aliphatic carbocycles. The Hall–Kier alpha value is -1.26. The average molecular weight is 202 g/mol. The van der Waals surface area contributed by atoms with Crippen LogP contribution in [-0.2, 0) is 4.79 Å². The standard InChI is InChI=1S/C9H18N2O3/c1-4-6(3)7(8(12)13)11-9(14)10-5-2/h6-7H,4-5H2,1-3H3,(H,12,13)(H2,10,11,14)/t6-,7-/m0/s1. The second-order valence-electron chi connectivity index (χ2n) is 3.21. The van der Waals surface area contributed by atoms with E-state index in [1.54, 1.807) is 13.8 Å². The monoisotopic (exact) mass is 202 g/mol. The van der Waals surface area contributed by atoms with E-state index in [2.05, 4.69) is 10.6 Å². The van der Waals surface area contributed by atoms with Crippen LogP contribution in [0.1, 0.15) is 27.2 Å². The van der Waals surface area contributed by atoms with Crippen LogP contribution in [0, 0.1) is 5.92 Å². The topological polar surface area (TPSA) is 78.4 Å². The minimum atomic E-state index is -0.995. The van der Waals surface area contributed by atoms with Crippen molar-refractivity contribution in [3.05, 3.63) is 0 Å². The summed E-state index contributed by atoms with van der Waals surface area (Å²) in [5, 5.41) is 13.8. The minimum absolute atomic E-state index is 0.0740. The van der Waals surface area contributed by atoms with Gasteiger partial charge in [0.1, 0.15) is 6.04 Å². The summed E-state index contributed by atoms with van der Waals surface area (Å²) >= 11 is 0. The summed E-state index contributed by atoms with van der Waals surface area (Å²) < 4.78 is 0. The Labute approximate surface area is 83.9 Å². The molecule has 0 unspecified atom stereocenters. The third-order valence-electron chi connectivity index (χ3n) is 2.10. The van der Waals surface area contributed by atoms with Crippen LogP contribution in [0.5, 0.6) is 0 Å². The maximum atomic E-state index is 11.1. The highest BCUT2D eigenvalue weighted by molar-refractivity contribution is 5.82. The molecule has 0 aromatic rings. The van der Waals surface area contributed by atoms with Crippen molar-refractivity contribution in [1.29, 1.82) is 0 Å². The first-order valence-electron chi connectivity index (χ1n) is 4.80. The van der Waals surface area contributed by atoms with Gasteiger partial charge in [-0.05, 0) is 12.8 Å². The van der Waals surface area contributed by atoms with E-state index in [4.69, 9.17) is 5.11 Å². The highest BCUT2D eigenvalue weighted by atomic mass is 16.4. The molecule has 0 spiro atoms. The minimum Gasteiger partial charge on any atom is -0.480 e. The summed E-state index contributed by atoms with van der Waals surface area (Å²) in [7, 11) is 0. The molecule has 0 fully saturated rings. The first kappa shape index (κ1) is 12.7. The van der Waals surface area contributed by atoms with Crippen LogP contribution in [0.15, 0.2) is 0 Å². The second kappa shape index (κ2) is 6.23. The van der Waals surface area contributed by atoms with Gasteiger partial charge in [-0.25, -0.2) is 9.59 Å². The van der Waals surface area contributed by atoms with Gasteiger partial charge in [-0.15, -0.1) is 0 Å². The Morgan fingerprint density at radius 1 is 1.36 bits per heavy atom. The van der Waals surface area contributed by atoms with Crippen molar-refractivity contribution in [2.45, 2.75) is 33.2 Å². The molecule has 0 aliphatic rings. The van der Waals surface area contributed by atoms with E-state index >= 15 is 0 Å². The van der Waals surface area contributed by atoms with Gasteiger partial charge < -0.3 is 15.7 Å². The SMILES string of the molecule is CCNC(=O)N[C@H](C(=O)O)[C@@H](C)CC. The van der Waals surface area contributed by atoms with Gasteiger partial charge in [-0.2, -0.15) is 0 Å². The molecule has 0 rings (SSSR count). The summed E-state index contributed by atoms with van der Waals surface area (Å²) in [6.45, 7) is 5.95. The van der Waals surface area contributed by atoms with E-state index in [1.807, 2.05) is 6.92 Å². The predicted octanol–water partition coefficient (Wildman–Crippen LogP) is 0.805. The average Bonchev–Trinajstić information content (AvgIpc) is 2.13. The van der Waals surface area contributed by atoms with E-state index in [1.165, 1.54) is 0 Å². The third kappa shape index (κ3) is 4.11. The van der Waals surface area contributed by atoms with Crippen LogP contribution in [0.3, 0.4) is 0 Å². The molecule has 0 aliphatic heterocycles. The van der Waals surface area contributed by atoms with Crippen LogP contribution >= 0.6 is 0 Å². The fourth-order valence-corrected chi connectivity index (χ4v) is 1.04. The van der Waals surface area contributed by atoms with E-state index < -0.39 is 18.0 Å². The predicted molar refractivity (Wildman–Crippen MR) is 53.1 cm³/mol. The van der Waals surface area contributed by atoms with Crippen molar-refractivity contribution in [3.8, 4) is 0 Å². The molecule has 0 saturated heterocycles. The van der Waals surface area contributed by atoms with Gasteiger partial charge >= 0.3 is 12.0 Å². The number of hydrogen-bond acceptors (Lipinski definition) is 2. The molecule has 0 aromatic carbocycles. The van der Waals surface area contributed by atoms with E-state index in [0.717, 1.165) is 0 Å². The molecule has 0 aromatic heterocycles. The zero-order valence-electron chi connectivity index (χ0n) is 8.83. The number of nitrogens with one attached hydrogen (secondary N) is 2. The highest BCUT2D eigenvalue weighted by Gasteiger charge is 2.24. The number of hydrogen-bond donors (Lipinski definition) is 3. The number of carbonyl (C=O) groups excluding carboxylic acids is 1. The normalized spacial score (nSPS) is 14.2. The number of urea groups is 1. The maximum Gasteiger partial charge on any atom is 0.326 e. The number of carboxylic acid groups (broad SMARTS) is 1. The molecule has 82 valence electrons. The Morgan fingerprint density at radius 2 is 1.93 bits per heavy atom. The molecule has 3 N–H and O–H groups in total. The molecular weight excluding hydrogens is 184 g/mol. The van der Waals surface area contributed by atoms with Gasteiger partial charge in [0.15, 0.2) is 0 Å². The van der Waals surface area contributed by atoms with Crippen LogP contribution in [0.2, 0.25) is 0 Å².